The van der Waals surface area contributed by atoms with Gasteiger partial charge in [-0.1, -0.05) is 42.1 Å². The Morgan fingerprint density at radius 2 is 1.52 bits per heavy atom. The Bertz CT molecular complexity index is 1500. The van der Waals surface area contributed by atoms with Crippen LogP contribution in [0.15, 0.2) is 99.6 Å². The molecule has 40 heavy (non-hydrogen) atoms. The molecular formula is C30H30N4O5S. The van der Waals surface area contributed by atoms with E-state index in [0.29, 0.717) is 48.3 Å². The van der Waals surface area contributed by atoms with Gasteiger partial charge in [0, 0.05) is 31.1 Å². The molecule has 0 unspecified atom stereocenters. The van der Waals surface area contributed by atoms with E-state index < -0.39 is 0 Å². The van der Waals surface area contributed by atoms with Crippen molar-refractivity contribution in [2.75, 3.05) is 51.9 Å². The highest BCUT2D eigenvalue weighted by molar-refractivity contribution is 7.99. The normalized spacial score (nSPS) is 13.2. The SMILES string of the molecule is COc1ccc(Sc2c(N3CCN(C(=O)COc4ccccc4OC)CC3)cnn(-c3ccccc3)c2=O)cc1. The number of nitrogens with zero attached hydrogens (tertiary/aromatic N) is 4. The molecule has 0 atom stereocenters. The fraction of sp³-hybridized carbons (Fsp3) is 0.233. The van der Waals surface area contributed by atoms with Crippen LogP contribution >= 0.6 is 11.8 Å². The lowest BCUT2D eigenvalue weighted by Gasteiger charge is -2.36. The minimum atomic E-state index is -0.201. The second-order valence-corrected chi connectivity index (χ2v) is 10.1. The zero-order chi connectivity index (χ0) is 27.9. The monoisotopic (exact) mass is 558 g/mol. The molecule has 206 valence electrons. The van der Waals surface area contributed by atoms with E-state index >= 15 is 0 Å². The Labute approximate surface area is 236 Å². The van der Waals surface area contributed by atoms with Gasteiger partial charge in [-0.25, -0.2) is 0 Å². The van der Waals surface area contributed by atoms with E-state index in [-0.39, 0.29) is 18.1 Å². The van der Waals surface area contributed by atoms with Crippen LogP contribution in [0.3, 0.4) is 0 Å². The first-order chi connectivity index (χ1) is 19.6. The number of carbonyl (C=O) groups is 1. The zero-order valence-electron chi connectivity index (χ0n) is 22.4. The van der Waals surface area contributed by atoms with E-state index in [9.17, 15) is 9.59 Å². The van der Waals surface area contributed by atoms with Crippen molar-refractivity contribution in [3.63, 3.8) is 0 Å². The Hall–Kier alpha value is -4.44. The molecule has 0 N–H and O–H groups in total. The molecule has 2 heterocycles. The van der Waals surface area contributed by atoms with Crippen molar-refractivity contribution in [2.24, 2.45) is 0 Å². The molecule has 4 aromatic rings. The summed E-state index contributed by atoms with van der Waals surface area (Å²) in [5, 5.41) is 4.50. The van der Waals surface area contributed by atoms with E-state index in [4.69, 9.17) is 14.2 Å². The fourth-order valence-electron chi connectivity index (χ4n) is 4.43. The van der Waals surface area contributed by atoms with Crippen LogP contribution in [-0.4, -0.2) is 67.6 Å². The van der Waals surface area contributed by atoms with Gasteiger partial charge in [0.15, 0.2) is 18.1 Å². The second kappa shape index (κ2) is 12.6. The third-order valence-corrected chi connectivity index (χ3v) is 7.68. The molecule has 5 rings (SSSR count). The zero-order valence-corrected chi connectivity index (χ0v) is 23.2. The van der Waals surface area contributed by atoms with Gasteiger partial charge in [-0.3, -0.25) is 9.59 Å². The van der Waals surface area contributed by atoms with Crippen molar-refractivity contribution in [1.29, 1.82) is 0 Å². The first-order valence-electron chi connectivity index (χ1n) is 12.9. The highest BCUT2D eigenvalue weighted by Gasteiger charge is 2.25. The van der Waals surface area contributed by atoms with Crippen LogP contribution in [0.2, 0.25) is 0 Å². The highest BCUT2D eigenvalue weighted by atomic mass is 32.2. The van der Waals surface area contributed by atoms with Gasteiger partial charge in [0.2, 0.25) is 0 Å². The first kappa shape index (κ1) is 27.1. The Kier molecular flexibility index (Phi) is 8.56. The van der Waals surface area contributed by atoms with Gasteiger partial charge in [0.25, 0.3) is 11.5 Å². The van der Waals surface area contributed by atoms with E-state index in [1.54, 1.807) is 37.4 Å². The average molecular weight is 559 g/mol. The van der Waals surface area contributed by atoms with E-state index in [1.165, 1.54) is 16.4 Å². The molecule has 0 radical (unpaired) electrons. The van der Waals surface area contributed by atoms with Gasteiger partial charge in [-0.15, -0.1) is 0 Å². The smallest absolute Gasteiger partial charge is 0.287 e. The summed E-state index contributed by atoms with van der Waals surface area (Å²) in [7, 11) is 3.19. The highest BCUT2D eigenvalue weighted by Crippen LogP contribution is 2.34. The standard InChI is InChI=1S/C30H30N4O5S/c1-37-23-12-14-24(15-13-23)40-29-25(20-31-34(30(29)36)22-8-4-3-5-9-22)32-16-18-33(19-17-32)28(35)21-39-27-11-7-6-10-26(27)38-2/h3-15,20H,16-19,21H2,1-2H3. The number of aromatic nitrogens is 2. The predicted molar refractivity (Wildman–Crippen MR) is 154 cm³/mol. The van der Waals surface area contributed by atoms with Gasteiger partial charge in [0.05, 0.1) is 31.8 Å². The number of rotatable bonds is 9. The lowest BCUT2D eigenvalue weighted by Crippen LogP contribution is -2.50. The largest absolute Gasteiger partial charge is 0.497 e. The summed E-state index contributed by atoms with van der Waals surface area (Å²) >= 11 is 1.40. The number of ether oxygens (including phenoxy) is 3. The predicted octanol–water partition coefficient (Wildman–Crippen LogP) is 4.13. The van der Waals surface area contributed by atoms with Crippen molar-refractivity contribution < 1.29 is 19.0 Å². The molecule has 0 bridgehead atoms. The van der Waals surface area contributed by atoms with Crippen molar-refractivity contribution in [3.8, 4) is 22.9 Å². The number of methoxy groups -OCH3 is 2. The molecule has 10 heteroatoms. The van der Waals surface area contributed by atoms with E-state index in [0.717, 1.165) is 16.3 Å². The third-order valence-electron chi connectivity index (χ3n) is 6.59. The van der Waals surface area contributed by atoms with Gasteiger partial charge < -0.3 is 24.0 Å². The summed E-state index contributed by atoms with van der Waals surface area (Å²) < 4.78 is 17.7. The maximum absolute atomic E-state index is 13.7. The molecule has 9 nitrogen and oxygen atoms in total. The topological polar surface area (TPSA) is 86.1 Å². The number of benzene rings is 3. The number of carbonyl (C=O) groups excluding carboxylic acids is 1. The summed E-state index contributed by atoms with van der Waals surface area (Å²) in [6.45, 7) is 2.05. The van der Waals surface area contributed by atoms with Gasteiger partial charge in [-0.2, -0.15) is 9.78 Å². The summed E-state index contributed by atoms with van der Waals surface area (Å²) in [5.41, 5.74) is 1.24. The van der Waals surface area contributed by atoms with E-state index in [1.807, 2.05) is 66.7 Å². The minimum absolute atomic E-state index is 0.0758. The van der Waals surface area contributed by atoms with Crippen molar-refractivity contribution >= 4 is 23.4 Å². The summed E-state index contributed by atoms with van der Waals surface area (Å²) in [4.78, 5) is 32.0. The summed E-state index contributed by atoms with van der Waals surface area (Å²) in [6, 6.07) is 24.2. The molecule has 1 aromatic heterocycles. The summed E-state index contributed by atoms with van der Waals surface area (Å²) in [5.74, 6) is 1.76. The number of piperazine rings is 1. The molecule has 0 aliphatic carbocycles. The first-order valence-corrected chi connectivity index (χ1v) is 13.7. The van der Waals surface area contributed by atoms with Crippen molar-refractivity contribution in [3.05, 3.63) is 95.4 Å². The summed E-state index contributed by atoms with van der Waals surface area (Å²) in [6.07, 6.45) is 1.74. The molecule has 1 saturated heterocycles. The number of anilines is 1. The number of para-hydroxylation sites is 3. The van der Waals surface area contributed by atoms with Crippen LogP contribution in [0.4, 0.5) is 5.69 Å². The number of amides is 1. The van der Waals surface area contributed by atoms with E-state index in [2.05, 4.69) is 10.00 Å². The quantitative estimate of drug-likeness (QED) is 0.303. The Morgan fingerprint density at radius 3 is 2.20 bits per heavy atom. The van der Waals surface area contributed by atoms with Crippen molar-refractivity contribution in [2.45, 2.75) is 9.79 Å². The fourth-order valence-corrected chi connectivity index (χ4v) is 5.40. The molecular weight excluding hydrogens is 528 g/mol. The van der Waals surface area contributed by atoms with Gasteiger partial charge in [0.1, 0.15) is 10.6 Å². The number of hydrogen-bond acceptors (Lipinski definition) is 8. The molecule has 1 aliphatic rings. The van der Waals surface area contributed by atoms with Gasteiger partial charge >= 0.3 is 0 Å². The van der Waals surface area contributed by atoms with Crippen LogP contribution in [0, 0.1) is 0 Å². The maximum Gasteiger partial charge on any atom is 0.287 e. The maximum atomic E-state index is 13.7. The van der Waals surface area contributed by atoms with Crippen LogP contribution < -0.4 is 24.7 Å². The second-order valence-electron chi connectivity index (χ2n) is 9.00. The molecule has 1 amide bonds. The Morgan fingerprint density at radius 1 is 0.850 bits per heavy atom. The number of hydrogen-bond donors (Lipinski definition) is 0. The lowest BCUT2D eigenvalue weighted by molar-refractivity contribution is -0.133. The molecule has 0 saturated carbocycles. The average Bonchev–Trinajstić information content (AvgIpc) is 3.01. The van der Waals surface area contributed by atoms with Crippen LogP contribution in [0.1, 0.15) is 0 Å². The minimum Gasteiger partial charge on any atom is -0.497 e. The molecule has 3 aromatic carbocycles. The lowest BCUT2D eigenvalue weighted by atomic mass is 10.2. The van der Waals surface area contributed by atoms with Crippen molar-refractivity contribution in [1.82, 2.24) is 14.7 Å². The third kappa shape index (κ3) is 6.07. The molecule has 1 fully saturated rings. The van der Waals surface area contributed by atoms with Crippen LogP contribution in [-0.2, 0) is 4.79 Å². The van der Waals surface area contributed by atoms with Crippen LogP contribution in [0.5, 0.6) is 17.2 Å². The molecule has 1 aliphatic heterocycles. The van der Waals surface area contributed by atoms with Crippen LogP contribution in [0.25, 0.3) is 5.69 Å². The van der Waals surface area contributed by atoms with Gasteiger partial charge in [-0.05, 0) is 48.5 Å². The Balaban J connectivity index is 1.33. The molecule has 0 spiro atoms.